The van der Waals surface area contributed by atoms with E-state index in [0.717, 1.165) is 12.3 Å². The van der Waals surface area contributed by atoms with E-state index in [2.05, 4.69) is 12.2 Å². The Hall–Kier alpha value is -0.180. The van der Waals surface area contributed by atoms with Gasteiger partial charge in [0.05, 0.1) is 0 Å². The van der Waals surface area contributed by atoms with Crippen LogP contribution in [-0.2, 0) is 4.79 Å². The van der Waals surface area contributed by atoms with Crippen LogP contribution in [0.2, 0.25) is 0 Å². The van der Waals surface area contributed by atoms with Crippen LogP contribution in [0.15, 0.2) is 0 Å². The third-order valence-electron chi connectivity index (χ3n) is 1.81. The lowest BCUT2D eigenvalue weighted by molar-refractivity contribution is -0.123. The largest absolute Gasteiger partial charge is 0.356 e. The molecular weight excluding hydrogens is 182 g/mol. The van der Waals surface area contributed by atoms with Crippen molar-refractivity contribution in [3.8, 4) is 0 Å². The molecule has 3 heteroatoms. The number of carbonyl (C=O) groups excluding carboxylic acids is 1. The summed E-state index contributed by atoms with van der Waals surface area (Å²) >= 11 is 1.88. The number of unbranched alkanes of at least 4 members (excludes halogenated alkanes) is 1. The summed E-state index contributed by atoms with van der Waals surface area (Å²) in [7, 11) is 0. The maximum absolute atomic E-state index is 11.3. The Morgan fingerprint density at radius 2 is 2.15 bits per heavy atom. The number of nitrogens with one attached hydrogen (secondary N) is 1. The molecule has 0 spiro atoms. The fraction of sp³-hybridized carbons (Fsp3) is 0.900. The molecule has 1 unspecified atom stereocenters. The molecule has 13 heavy (non-hydrogen) atoms. The monoisotopic (exact) mass is 203 g/mol. The van der Waals surface area contributed by atoms with Crippen molar-refractivity contribution in [2.24, 2.45) is 5.92 Å². The van der Waals surface area contributed by atoms with Crippen molar-refractivity contribution >= 4 is 17.7 Å². The molecule has 0 rings (SSSR count). The highest BCUT2D eigenvalue weighted by molar-refractivity contribution is 7.99. The van der Waals surface area contributed by atoms with Crippen LogP contribution in [0.1, 0.15) is 33.6 Å². The minimum atomic E-state index is 0.154. The van der Waals surface area contributed by atoms with Gasteiger partial charge in [-0.15, -0.1) is 0 Å². The molecule has 0 radical (unpaired) electrons. The Kier molecular flexibility index (Phi) is 8.30. The second kappa shape index (κ2) is 8.42. The van der Waals surface area contributed by atoms with Gasteiger partial charge in [-0.25, -0.2) is 0 Å². The minimum absolute atomic E-state index is 0.154. The average molecular weight is 203 g/mol. The molecule has 1 N–H and O–H groups in total. The van der Waals surface area contributed by atoms with Crippen molar-refractivity contribution in [3.05, 3.63) is 0 Å². The van der Waals surface area contributed by atoms with Gasteiger partial charge >= 0.3 is 0 Å². The van der Waals surface area contributed by atoms with E-state index in [1.54, 1.807) is 0 Å². The Bertz CT molecular complexity index is 139. The lowest BCUT2D eigenvalue weighted by Gasteiger charge is -2.10. The van der Waals surface area contributed by atoms with E-state index in [4.69, 9.17) is 0 Å². The molecule has 1 amide bonds. The topological polar surface area (TPSA) is 29.1 Å². The van der Waals surface area contributed by atoms with Gasteiger partial charge < -0.3 is 5.32 Å². The summed E-state index contributed by atoms with van der Waals surface area (Å²) in [6.07, 6.45) is 2.50. The van der Waals surface area contributed by atoms with Crippen molar-refractivity contribution in [1.29, 1.82) is 0 Å². The number of hydrogen-bond donors (Lipinski definition) is 1. The van der Waals surface area contributed by atoms with E-state index in [9.17, 15) is 4.79 Å². The zero-order valence-corrected chi connectivity index (χ0v) is 9.75. The van der Waals surface area contributed by atoms with Crippen molar-refractivity contribution in [3.63, 3.8) is 0 Å². The average Bonchev–Trinajstić information content (AvgIpc) is 2.12. The maximum atomic E-state index is 11.3. The molecule has 0 saturated heterocycles. The minimum Gasteiger partial charge on any atom is -0.356 e. The first-order chi connectivity index (χ1) is 6.22. The van der Waals surface area contributed by atoms with Gasteiger partial charge in [-0.3, -0.25) is 4.79 Å². The van der Waals surface area contributed by atoms with E-state index in [-0.39, 0.29) is 11.8 Å². The number of thioether (sulfide) groups is 1. The first-order valence-corrected chi connectivity index (χ1v) is 6.23. The first-order valence-electron chi connectivity index (χ1n) is 5.07. The van der Waals surface area contributed by atoms with Crippen LogP contribution in [0.4, 0.5) is 0 Å². The summed E-state index contributed by atoms with van der Waals surface area (Å²) in [5.41, 5.74) is 0. The second-order valence-electron chi connectivity index (χ2n) is 3.22. The highest BCUT2D eigenvalue weighted by Gasteiger charge is 2.10. The normalized spacial score (nSPS) is 12.5. The lowest BCUT2D eigenvalue weighted by atomic mass is 10.2. The fourth-order valence-electron chi connectivity index (χ4n) is 0.931. The van der Waals surface area contributed by atoms with Crippen LogP contribution in [0.25, 0.3) is 0 Å². The van der Waals surface area contributed by atoms with Crippen LogP contribution in [0.5, 0.6) is 0 Å². The molecule has 1 atom stereocenters. The summed E-state index contributed by atoms with van der Waals surface area (Å²) in [6, 6.07) is 0. The molecule has 0 aliphatic carbocycles. The molecule has 0 aliphatic heterocycles. The molecule has 0 aromatic carbocycles. The summed E-state index contributed by atoms with van der Waals surface area (Å²) in [5, 5.41) is 2.83. The van der Waals surface area contributed by atoms with Crippen LogP contribution in [0.3, 0.4) is 0 Å². The smallest absolute Gasteiger partial charge is 0.223 e. The predicted octanol–water partition coefficient (Wildman–Crippen LogP) is 2.29. The van der Waals surface area contributed by atoms with Crippen molar-refractivity contribution in [2.75, 3.05) is 18.1 Å². The molecule has 0 saturated carbocycles. The van der Waals surface area contributed by atoms with Gasteiger partial charge in [-0.1, -0.05) is 20.3 Å². The van der Waals surface area contributed by atoms with Gasteiger partial charge in [0.25, 0.3) is 0 Å². The molecule has 0 bridgehead atoms. The van der Waals surface area contributed by atoms with Gasteiger partial charge in [-0.2, -0.15) is 11.8 Å². The van der Waals surface area contributed by atoms with Gasteiger partial charge in [0.2, 0.25) is 5.91 Å². The Balaban J connectivity index is 3.38. The SMILES string of the molecule is CCCCSCC(C)C(=O)NCC. The molecule has 0 aromatic rings. The Labute approximate surface area is 85.9 Å². The molecule has 0 fully saturated rings. The maximum Gasteiger partial charge on any atom is 0.223 e. The van der Waals surface area contributed by atoms with Crippen LogP contribution in [-0.4, -0.2) is 24.0 Å². The number of amides is 1. The van der Waals surface area contributed by atoms with E-state index >= 15 is 0 Å². The standard InChI is InChI=1S/C10H21NOS/c1-4-6-7-13-8-9(3)10(12)11-5-2/h9H,4-8H2,1-3H3,(H,11,12). The number of carbonyl (C=O) groups is 1. The molecule has 78 valence electrons. The molecule has 0 aliphatic rings. The molecule has 0 heterocycles. The predicted molar refractivity (Wildman–Crippen MR) is 60.1 cm³/mol. The number of rotatable bonds is 7. The fourth-order valence-corrected chi connectivity index (χ4v) is 2.10. The molecule has 0 aromatic heterocycles. The Morgan fingerprint density at radius 3 is 2.69 bits per heavy atom. The van der Waals surface area contributed by atoms with Gasteiger partial charge in [-0.05, 0) is 19.1 Å². The van der Waals surface area contributed by atoms with Crippen LogP contribution < -0.4 is 5.32 Å². The zero-order chi connectivity index (χ0) is 10.1. The molecular formula is C10H21NOS. The van der Waals surface area contributed by atoms with Crippen molar-refractivity contribution in [2.45, 2.75) is 33.6 Å². The molecule has 2 nitrogen and oxygen atoms in total. The third-order valence-corrected chi connectivity index (χ3v) is 3.12. The van der Waals surface area contributed by atoms with Gasteiger partial charge in [0.1, 0.15) is 0 Å². The van der Waals surface area contributed by atoms with E-state index in [1.807, 2.05) is 25.6 Å². The first kappa shape index (κ1) is 12.8. The lowest BCUT2D eigenvalue weighted by Crippen LogP contribution is -2.30. The van der Waals surface area contributed by atoms with Gasteiger partial charge in [0.15, 0.2) is 0 Å². The van der Waals surface area contributed by atoms with E-state index in [0.29, 0.717) is 0 Å². The highest BCUT2D eigenvalue weighted by Crippen LogP contribution is 2.10. The summed E-state index contributed by atoms with van der Waals surface area (Å²) < 4.78 is 0. The number of hydrogen-bond acceptors (Lipinski definition) is 2. The van der Waals surface area contributed by atoms with Crippen molar-refractivity contribution in [1.82, 2.24) is 5.32 Å². The summed E-state index contributed by atoms with van der Waals surface area (Å²) in [6.45, 7) is 6.87. The third kappa shape index (κ3) is 6.94. The van der Waals surface area contributed by atoms with Gasteiger partial charge in [0, 0.05) is 18.2 Å². The summed E-state index contributed by atoms with van der Waals surface area (Å²) in [5.74, 6) is 2.47. The van der Waals surface area contributed by atoms with Crippen LogP contribution in [0, 0.1) is 5.92 Å². The Morgan fingerprint density at radius 1 is 1.46 bits per heavy atom. The van der Waals surface area contributed by atoms with Crippen molar-refractivity contribution < 1.29 is 4.79 Å². The zero-order valence-electron chi connectivity index (χ0n) is 8.93. The highest BCUT2D eigenvalue weighted by atomic mass is 32.2. The quantitative estimate of drug-likeness (QED) is 0.643. The van der Waals surface area contributed by atoms with Crippen LogP contribution >= 0.6 is 11.8 Å². The summed E-state index contributed by atoms with van der Waals surface area (Å²) in [4.78, 5) is 11.3. The van der Waals surface area contributed by atoms with E-state index in [1.165, 1.54) is 18.6 Å². The second-order valence-corrected chi connectivity index (χ2v) is 4.37. The van der Waals surface area contributed by atoms with E-state index < -0.39 is 0 Å².